The van der Waals surface area contributed by atoms with Gasteiger partial charge in [-0.1, -0.05) is 6.07 Å². The fourth-order valence-electron chi connectivity index (χ4n) is 1.34. The van der Waals surface area contributed by atoms with E-state index in [4.69, 9.17) is 9.66 Å². The summed E-state index contributed by atoms with van der Waals surface area (Å²) in [5.41, 5.74) is 0.500. The van der Waals surface area contributed by atoms with Crippen molar-refractivity contribution in [2.45, 2.75) is 13.0 Å². The lowest BCUT2D eigenvalue weighted by molar-refractivity contribution is -0.138. The van der Waals surface area contributed by atoms with E-state index in [9.17, 15) is 18.0 Å². The lowest BCUT2D eigenvalue weighted by Crippen LogP contribution is -2.45. The van der Waals surface area contributed by atoms with Gasteiger partial charge < -0.3 is 10.4 Å². The number of amides is 1. The predicted molar refractivity (Wildman–Crippen MR) is 64.3 cm³/mol. The first-order chi connectivity index (χ1) is 8.70. The molecule has 0 aliphatic heterocycles. The topological polar surface area (TPSA) is 134 Å². The van der Waals surface area contributed by atoms with Crippen LogP contribution < -0.4 is 5.32 Å². The molecule has 0 fully saturated rings. The summed E-state index contributed by atoms with van der Waals surface area (Å²) in [4.78, 5) is 26.3. The van der Waals surface area contributed by atoms with Crippen LogP contribution >= 0.6 is 0 Å². The summed E-state index contributed by atoms with van der Waals surface area (Å²) in [7, 11) is -4.52. The number of hydrogen-bond donors (Lipinski definition) is 3. The average molecular weight is 288 g/mol. The van der Waals surface area contributed by atoms with E-state index in [1.54, 1.807) is 19.1 Å². The molecule has 0 spiro atoms. The number of carbonyl (C=O) groups is 2. The molecule has 0 saturated heterocycles. The molecule has 0 bridgehead atoms. The number of aromatic nitrogens is 1. The quantitative estimate of drug-likeness (QED) is 0.619. The fraction of sp³-hybridized carbons (Fsp3) is 0.300. The Labute approximate surface area is 109 Å². The lowest BCUT2D eigenvalue weighted by Gasteiger charge is -2.13. The molecule has 0 aliphatic rings. The summed E-state index contributed by atoms with van der Waals surface area (Å²) in [5, 5.41) is 10.8. The van der Waals surface area contributed by atoms with Gasteiger partial charge in [0.15, 0.2) is 0 Å². The van der Waals surface area contributed by atoms with Crippen molar-refractivity contribution in [2.75, 3.05) is 5.75 Å². The minimum absolute atomic E-state index is 0.0101. The van der Waals surface area contributed by atoms with Crippen LogP contribution in [0.3, 0.4) is 0 Å². The first kappa shape index (κ1) is 15.1. The fourth-order valence-corrected chi connectivity index (χ4v) is 1.98. The largest absolute Gasteiger partial charge is 0.480 e. The van der Waals surface area contributed by atoms with E-state index in [1.807, 2.05) is 5.32 Å². The molecule has 1 aromatic rings. The highest BCUT2D eigenvalue weighted by Crippen LogP contribution is 2.04. The molecule has 0 aliphatic carbocycles. The van der Waals surface area contributed by atoms with Crippen molar-refractivity contribution in [1.82, 2.24) is 10.3 Å². The maximum atomic E-state index is 11.8. The molecular formula is C10H12N2O6S. The molecule has 9 heteroatoms. The van der Waals surface area contributed by atoms with Gasteiger partial charge in [-0.3, -0.25) is 14.3 Å². The number of nitrogens with one attached hydrogen (secondary N) is 1. The molecule has 0 radical (unpaired) electrons. The average Bonchev–Trinajstić information content (AvgIpc) is 2.26. The van der Waals surface area contributed by atoms with E-state index in [0.29, 0.717) is 5.56 Å². The van der Waals surface area contributed by atoms with Crippen LogP contribution in [0.15, 0.2) is 18.3 Å². The number of hydrogen-bond acceptors (Lipinski definition) is 5. The van der Waals surface area contributed by atoms with E-state index < -0.39 is 33.8 Å². The maximum Gasteiger partial charge on any atom is 0.327 e. The zero-order valence-corrected chi connectivity index (χ0v) is 10.7. The summed E-state index contributed by atoms with van der Waals surface area (Å²) in [6.45, 7) is 1.60. The molecule has 1 unspecified atom stereocenters. The number of carboxylic acid groups (broad SMARTS) is 1. The molecule has 104 valence electrons. The molecule has 0 aromatic carbocycles. The first-order valence-electron chi connectivity index (χ1n) is 5.11. The van der Waals surface area contributed by atoms with Gasteiger partial charge in [-0.15, -0.1) is 0 Å². The first-order valence-corrected chi connectivity index (χ1v) is 6.72. The monoisotopic (exact) mass is 288 g/mol. The number of nitrogens with zero attached hydrogens (tertiary/aromatic N) is 1. The van der Waals surface area contributed by atoms with Gasteiger partial charge >= 0.3 is 5.97 Å². The second kappa shape index (κ2) is 5.76. The van der Waals surface area contributed by atoms with Crippen LogP contribution in [-0.4, -0.2) is 46.7 Å². The molecule has 1 amide bonds. The number of aliphatic carboxylic acids is 1. The Hall–Kier alpha value is -2.00. The zero-order valence-electron chi connectivity index (χ0n) is 9.90. The van der Waals surface area contributed by atoms with Gasteiger partial charge in [0.2, 0.25) is 0 Å². The van der Waals surface area contributed by atoms with Crippen LogP contribution in [-0.2, 0) is 14.9 Å². The van der Waals surface area contributed by atoms with Crippen molar-refractivity contribution in [2.24, 2.45) is 0 Å². The highest BCUT2D eigenvalue weighted by Gasteiger charge is 2.26. The molecule has 1 aromatic heterocycles. The van der Waals surface area contributed by atoms with Crippen molar-refractivity contribution >= 4 is 22.0 Å². The highest BCUT2D eigenvalue weighted by atomic mass is 32.2. The van der Waals surface area contributed by atoms with E-state index >= 15 is 0 Å². The Morgan fingerprint density at radius 1 is 1.47 bits per heavy atom. The van der Waals surface area contributed by atoms with Crippen molar-refractivity contribution in [3.63, 3.8) is 0 Å². The molecule has 1 heterocycles. The number of aryl methyl sites for hydroxylation is 1. The van der Waals surface area contributed by atoms with E-state index in [0.717, 1.165) is 0 Å². The minimum Gasteiger partial charge on any atom is -0.480 e. The lowest BCUT2D eigenvalue weighted by atomic mass is 10.2. The normalized spacial score (nSPS) is 12.7. The van der Waals surface area contributed by atoms with Crippen molar-refractivity contribution in [3.8, 4) is 0 Å². The number of pyridine rings is 1. The van der Waals surface area contributed by atoms with Crippen LogP contribution in [0.1, 0.15) is 16.1 Å². The zero-order chi connectivity index (χ0) is 14.6. The second-order valence-corrected chi connectivity index (χ2v) is 5.28. The van der Waals surface area contributed by atoms with Crippen molar-refractivity contribution in [3.05, 3.63) is 29.6 Å². The molecule has 1 atom stereocenters. The Balaban J connectivity index is 2.89. The van der Waals surface area contributed by atoms with Crippen LogP contribution in [0.5, 0.6) is 0 Å². The van der Waals surface area contributed by atoms with Gasteiger partial charge in [0.05, 0.1) is 0 Å². The van der Waals surface area contributed by atoms with Crippen LogP contribution in [0.25, 0.3) is 0 Å². The van der Waals surface area contributed by atoms with Crippen LogP contribution in [0.2, 0.25) is 0 Å². The minimum atomic E-state index is -4.52. The highest BCUT2D eigenvalue weighted by molar-refractivity contribution is 7.85. The summed E-state index contributed by atoms with van der Waals surface area (Å²) in [6.07, 6.45) is 1.35. The van der Waals surface area contributed by atoms with Crippen molar-refractivity contribution < 1.29 is 27.7 Å². The SMILES string of the molecule is Cc1cccnc1C(=O)NC(CS(=O)(=O)O)C(=O)O. The molecule has 0 saturated carbocycles. The third kappa shape index (κ3) is 4.64. The van der Waals surface area contributed by atoms with Gasteiger partial charge in [0.25, 0.3) is 16.0 Å². The van der Waals surface area contributed by atoms with Gasteiger partial charge in [-0.05, 0) is 18.6 Å². The summed E-state index contributed by atoms with van der Waals surface area (Å²) < 4.78 is 29.9. The Morgan fingerprint density at radius 3 is 2.58 bits per heavy atom. The van der Waals surface area contributed by atoms with Crippen LogP contribution in [0.4, 0.5) is 0 Å². The van der Waals surface area contributed by atoms with Gasteiger partial charge in [-0.2, -0.15) is 8.42 Å². The molecule has 3 N–H and O–H groups in total. The van der Waals surface area contributed by atoms with Crippen molar-refractivity contribution in [1.29, 1.82) is 0 Å². The molecular weight excluding hydrogens is 276 g/mol. The number of carbonyl (C=O) groups excluding carboxylic acids is 1. The number of carboxylic acids is 1. The molecule has 19 heavy (non-hydrogen) atoms. The van der Waals surface area contributed by atoms with E-state index in [2.05, 4.69) is 4.98 Å². The summed E-state index contributed by atoms with van der Waals surface area (Å²) in [5.74, 6) is -3.51. The smallest absolute Gasteiger partial charge is 0.327 e. The Morgan fingerprint density at radius 2 is 2.11 bits per heavy atom. The van der Waals surface area contributed by atoms with Gasteiger partial charge in [0, 0.05) is 6.20 Å². The van der Waals surface area contributed by atoms with Crippen LogP contribution in [0, 0.1) is 6.92 Å². The molecule has 1 rings (SSSR count). The number of rotatable bonds is 5. The van der Waals surface area contributed by atoms with Gasteiger partial charge in [-0.25, -0.2) is 4.79 Å². The predicted octanol–water partition coefficient (Wildman–Crippen LogP) is -0.539. The second-order valence-electron chi connectivity index (χ2n) is 3.78. The Kier molecular flexibility index (Phi) is 4.57. The van der Waals surface area contributed by atoms with Gasteiger partial charge in [0.1, 0.15) is 17.5 Å². The summed E-state index contributed by atoms with van der Waals surface area (Å²) in [6, 6.07) is 1.45. The third-order valence-corrected chi connectivity index (χ3v) is 2.96. The van der Waals surface area contributed by atoms with E-state index in [-0.39, 0.29) is 5.69 Å². The maximum absolute atomic E-state index is 11.8. The third-order valence-electron chi connectivity index (χ3n) is 2.21. The van der Waals surface area contributed by atoms with E-state index in [1.165, 1.54) is 6.20 Å². The standard InChI is InChI=1S/C10H12N2O6S/c1-6-3-2-4-11-8(6)9(13)12-7(10(14)15)5-19(16,17)18/h2-4,7H,5H2,1H3,(H,12,13)(H,14,15)(H,16,17,18). The summed E-state index contributed by atoms with van der Waals surface area (Å²) >= 11 is 0. The molecule has 8 nitrogen and oxygen atoms in total. The Bertz CT molecular complexity index is 598.